The van der Waals surface area contributed by atoms with Crippen molar-refractivity contribution in [3.05, 3.63) is 218 Å². The van der Waals surface area contributed by atoms with Crippen LogP contribution < -0.4 is 9.30 Å². The van der Waals surface area contributed by atoms with Crippen LogP contribution in [0.5, 0.6) is 11.5 Å². The summed E-state index contributed by atoms with van der Waals surface area (Å²) in [6.07, 6.45) is 5.79. The maximum Gasteiger partial charge on any atom is 0.268 e. The van der Waals surface area contributed by atoms with Crippen LogP contribution in [0.25, 0.3) is 88.7 Å². The molecule has 0 spiro atoms. The summed E-state index contributed by atoms with van der Waals surface area (Å²) in [5.41, 5.74) is 14.1. The molecule has 4 aromatic heterocycles. The summed E-state index contributed by atoms with van der Waals surface area (Å²) in [5, 5.41) is 4.60. The maximum absolute atomic E-state index is 6.66. The Kier molecular flexibility index (Phi) is 8.66. The number of hydrogen-bond acceptors (Lipinski definition) is 2. The third-order valence-corrected chi connectivity index (χ3v) is 12.9. The number of hydrogen-bond donors (Lipinski definition) is 0. The largest absolute Gasteiger partial charge is 0.510 e. The molecule has 0 saturated carbocycles. The van der Waals surface area contributed by atoms with Gasteiger partial charge in [-0.2, -0.15) is 18.2 Å². The van der Waals surface area contributed by atoms with E-state index < -0.39 is 0 Å². The van der Waals surface area contributed by atoms with Crippen LogP contribution in [0.1, 0.15) is 25.0 Å². The molecule has 1 aliphatic rings. The first kappa shape index (κ1) is 38.2. The fourth-order valence-electron chi connectivity index (χ4n) is 10.1. The number of nitrogens with zero attached hydrogens (tertiary/aromatic N) is 5. The minimum absolute atomic E-state index is 0. The average Bonchev–Trinajstić information content (AvgIpc) is 4.05. The predicted molar refractivity (Wildman–Crippen MR) is 252 cm³/mol. The van der Waals surface area contributed by atoms with Crippen molar-refractivity contribution in [2.75, 3.05) is 0 Å². The fraction of sp³-hybridized carbons (Fsp3) is 0.0526. The van der Waals surface area contributed by atoms with Crippen molar-refractivity contribution < 1.29 is 30.4 Å². The van der Waals surface area contributed by atoms with E-state index in [4.69, 9.17) is 9.72 Å². The molecule has 0 atom stereocenters. The Hall–Kier alpha value is -7.53. The number of ether oxygens (including phenoxy) is 1. The molecule has 0 amide bonds. The molecule has 308 valence electrons. The van der Waals surface area contributed by atoms with E-state index in [1.807, 2.05) is 24.3 Å². The van der Waals surface area contributed by atoms with E-state index in [1.54, 1.807) is 0 Å². The van der Waals surface area contributed by atoms with Crippen molar-refractivity contribution in [1.29, 1.82) is 0 Å². The van der Waals surface area contributed by atoms with Crippen molar-refractivity contribution in [3.8, 4) is 45.5 Å². The monoisotopic (exact) mass is 1000 g/mol. The zero-order valence-electron chi connectivity index (χ0n) is 34.9. The van der Waals surface area contributed by atoms with E-state index in [1.165, 1.54) is 33.0 Å². The van der Waals surface area contributed by atoms with E-state index in [9.17, 15) is 0 Å². The van der Waals surface area contributed by atoms with Gasteiger partial charge in [0.25, 0.3) is 6.33 Å². The second kappa shape index (κ2) is 14.5. The fourth-order valence-corrected chi connectivity index (χ4v) is 10.1. The Bertz CT molecular complexity index is 3820. The second-order valence-electron chi connectivity index (χ2n) is 16.8. The Labute approximate surface area is 384 Å². The molecule has 64 heavy (non-hydrogen) atoms. The summed E-state index contributed by atoms with van der Waals surface area (Å²) >= 11 is 0. The quantitative estimate of drug-likeness (QED) is 0.123. The van der Waals surface area contributed by atoms with Crippen molar-refractivity contribution in [3.63, 3.8) is 0 Å². The minimum atomic E-state index is -0.126. The number of benzene rings is 8. The van der Waals surface area contributed by atoms with Crippen LogP contribution in [0.4, 0.5) is 0 Å². The Morgan fingerprint density at radius 1 is 0.547 bits per heavy atom. The van der Waals surface area contributed by atoms with Gasteiger partial charge in [-0.05, 0) is 69.7 Å². The van der Waals surface area contributed by atoms with Crippen LogP contribution in [-0.2, 0) is 26.5 Å². The number of para-hydroxylation sites is 6. The van der Waals surface area contributed by atoms with Crippen LogP contribution in [0.2, 0.25) is 0 Å². The Morgan fingerprint density at radius 3 is 2.06 bits per heavy atom. The molecule has 0 aliphatic heterocycles. The zero-order chi connectivity index (χ0) is 41.8. The summed E-state index contributed by atoms with van der Waals surface area (Å²) in [6, 6.07) is 70.9. The summed E-state index contributed by atoms with van der Waals surface area (Å²) in [4.78, 5) is 5.11. The second-order valence-corrected chi connectivity index (χ2v) is 16.8. The number of aromatic nitrogens is 5. The van der Waals surface area contributed by atoms with Gasteiger partial charge in [0.1, 0.15) is 5.82 Å². The molecule has 7 heteroatoms. The molecule has 4 heterocycles. The maximum atomic E-state index is 6.66. The van der Waals surface area contributed by atoms with Crippen molar-refractivity contribution in [2.24, 2.45) is 0 Å². The summed E-state index contributed by atoms with van der Waals surface area (Å²) in [7, 11) is 0. The van der Waals surface area contributed by atoms with Crippen molar-refractivity contribution in [2.45, 2.75) is 19.3 Å². The number of fused-ring (bicyclic) bond motifs is 10. The van der Waals surface area contributed by atoms with E-state index in [0.717, 1.165) is 66.8 Å². The minimum Gasteiger partial charge on any atom is -0.510 e. The molecule has 0 fully saturated rings. The van der Waals surface area contributed by atoms with Gasteiger partial charge in [-0.25, -0.2) is 4.98 Å². The molecule has 0 saturated heterocycles. The van der Waals surface area contributed by atoms with E-state index >= 15 is 0 Å². The average molecular weight is 1000 g/mol. The van der Waals surface area contributed by atoms with Gasteiger partial charge in [-0.15, -0.1) is 29.7 Å². The predicted octanol–water partition coefficient (Wildman–Crippen LogP) is 13.0. The molecule has 0 bridgehead atoms. The van der Waals surface area contributed by atoms with E-state index in [2.05, 4.69) is 214 Å². The Morgan fingerprint density at radius 2 is 1.22 bits per heavy atom. The van der Waals surface area contributed by atoms with Gasteiger partial charge < -0.3 is 18.4 Å². The Balaban J connectivity index is 0.00000433. The van der Waals surface area contributed by atoms with Crippen LogP contribution >= 0.6 is 0 Å². The van der Waals surface area contributed by atoms with Gasteiger partial charge in [0, 0.05) is 66.2 Å². The summed E-state index contributed by atoms with van der Waals surface area (Å²) in [5.74, 6) is 2.01. The van der Waals surface area contributed by atoms with Crippen molar-refractivity contribution in [1.82, 2.24) is 18.7 Å². The molecule has 13 rings (SSSR count). The van der Waals surface area contributed by atoms with Gasteiger partial charge >= 0.3 is 0 Å². The van der Waals surface area contributed by atoms with Crippen LogP contribution in [0.15, 0.2) is 188 Å². The van der Waals surface area contributed by atoms with Gasteiger partial charge in [-0.1, -0.05) is 135 Å². The molecule has 12 aromatic rings. The van der Waals surface area contributed by atoms with Gasteiger partial charge in [0.15, 0.2) is 0 Å². The normalized spacial score (nSPS) is 12.8. The third kappa shape index (κ3) is 5.62. The van der Waals surface area contributed by atoms with Crippen LogP contribution in [0.3, 0.4) is 0 Å². The molecule has 1 aliphatic carbocycles. The van der Waals surface area contributed by atoms with Crippen LogP contribution in [-0.4, -0.2) is 18.7 Å². The molecule has 6 nitrogen and oxygen atoms in total. The number of pyridine rings is 1. The van der Waals surface area contributed by atoms with E-state index in [-0.39, 0.29) is 26.5 Å². The molecule has 0 radical (unpaired) electrons. The summed E-state index contributed by atoms with van der Waals surface area (Å²) in [6.45, 7) is 4.57. The first-order chi connectivity index (χ1) is 31.0. The molecule has 0 unspecified atom stereocenters. The smallest absolute Gasteiger partial charge is 0.268 e. The topological polar surface area (TPSA) is 40.8 Å². The molecular formula is C57H37N5OPt-2. The summed E-state index contributed by atoms with van der Waals surface area (Å²) < 4.78 is 15.5. The molecule has 0 N–H and O–H groups in total. The first-order valence-corrected chi connectivity index (χ1v) is 21.3. The van der Waals surface area contributed by atoms with Gasteiger partial charge in [-0.3, -0.25) is 4.57 Å². The SMILES string of the molecule is CC1(C)c2ccccc2-c2cc(-n3c4[c-]c(Oc5[c-]c(-n6[c-][n+](-c7cccc8c9ccccc9n(-c9ccccc9)c78)c7ccccc76)ccc5)ccc4c4ccccc43)ncc21.[Pt]. The van der Waals surface area contributed by atoms with E-state index in [0.29, 0.717) is 11.5 Å². The molecular weight excluding hydrogens is 966 g/mol. The van der Waals surface area contributed by atoms with Crippen molar-refractivity contribution >= 4 is 54.6 Å². The molecule has 8 aromatic carbocycles. The first-order valence-electron chi connectivity index (χ1n) is 21.3. The number of imidazole rings is 1. The zero-order valence-corrected chi connectivity index (χ0v) is 37.1. The van der Waals surface area contributed by atoms with Gasteiger partial charge in [0.05, 0.1) is 27.8 Å². The van der Waals surface area contributed by atoms with Crippen LogP contribution in [0, 0.1) is 18.5 Å². The standard InChI is InChI=1S/C57H37N5O.Pt/c1-57(2)47-24-9-6-20-41(47)46-34-55(58-35-48(46)57)62-50-26-11-7-21-42(50)44-31-30-40(33-54(44)62)63-39-19-14-18-38(32-39)59-36-60(52-28-13-12-27-51(52)59)53-29-15-23-45-43-22-8-10-25-49(43)61(56(45)53)37-16-4-3-5-17-37;/h3-31,34-35H,1-2H3;/q-2;. The van der Waals surface area contributed by atoms with Gasteiger partial charge in [0.2, 0.25) is 0 Å². The number of rotatable bonds is 6. The third-order valence-electron chi connectivity index (χ3n) is 12.9.